The van der Waals surface area contributed by atoms with Crippen molar-refractivity contribution in [3.63, 3.8) is 0 Å². The van der Waals surface area contributed by atoms with Gasteiger partial charge in [0.2, 0.25) is 5.91 Å². The second-order valence-corrected chi connectivity index (χ2v) is 21.1. The summed E-state index contributed by atoms with van der Waals surface area (Å²) in [7, 11) is 0. The maximum Gasteiger partial charge on any atom is 0.220 e. The lowest BCUT2D eigenvalue weighted by molar-refractivity contribution is -0.359. The normalized spacial score (nSPS) is 24.9. The molecular formula is C69H109NO13. The van der Waals surface area contributed by atoms with E-state index < -0.39 is 86.8 Å². The van der Waals surface area contributed by atoms with Crippen molar-refractivity contribution in [3.8, 4) is 0 Å². The van der Waals surface area contributed by atoms with Gasteiger partial charge in [-0.3, -0.25) is 4.79 Å². The Morgan fingerprint density at radius 1 is 0.446 bits per heavy atom. The number of rotatable bonds is 47. The van der Waals surface area contributed by atoms with E-state index >= 15 is 0 Å². The molecule has 0 radical (unpaired) electrons. The van der Waals surface area contributed by atoms with E-state index in [4.69, 9.17) is 18.9 Å². The number of carbonyl (C=O) groups excluding carboxylic acids is 1. The zero-order chi connectivity index (χ0) is 60.2. The first-order chi connectivity index (χ1) is 40.6. The average Bonchev–Trinajstić information content (AvgIpc) is 3.63. The molecule has 468 valence electrons. The van der Waals surface area contributed by atoms with Crippen molar-refractivity contribution in [2.45, 2.75) is 248 Å². The maximum absolute atomic E-state index is 13.3. The molecule has 1 amide bonds. The Hall–Kier alpha value is -4.39. The van der Waals surface area contributed by atoms with Crippen molar-refractivity contribution in [1.82, 2.24) is 5.32 Å². The fourth-order valence-electron chi connectivity index (χ4n) is 8.94. The van der Waals surface area contributed by atoms with E-state index in [0.717, 1.165) is 103 Å². The van der Waals surface area contributed by atoms with E-state index in [1.807, 2.05) is 6.08 Å². The number of nitrogens with one attached hydrogen (secondary N) is 1. The molecule has 0 aromatic heterocycles. The number of hydrogen-bond donors (Lipinski definition) is 9. The van der Waals surface area contributed by atoms with Crippen LogP contribution in [0, 0.1) is 0 Å². The van der Waals surface area contributed by atoms with Gasteiger partial charge in [-0.1, -0.05) is 204 Å². The van der Waals surface area contributed by atoms with Crippen LogP contribution in [0.5, 0.6) is 0 Å². The number of carbonyl (C=O) groups is 1. The van der Waals surface area contributed by atoms with Crippen molar-refractivity contribution in [2.24, 2.45) is 0 Å². The topological polar surface area (TPSA) is 228 Å². The van der Waals surface area contributed by atoms with E-state index in [-0.39, 0.29) is 18.9 Å². The summed E-state index contributed by atoms with van der Waals surface area (Å²) in [6.07, 6.45) is 62.8. The van der Waals surface area contributed by atoms with E-state index in [2.05, 4.69) is 165 Å². The second kappa shape index (κ2) is 52.0. The Balaban J connectivity index is 1.76. The molecule has 14 heteroatoms. The number of unbranched alkanes of at least 4 members (excludes halogenated alkanes) is 10. The first kappa shape index (κ1) is 74.7. The van der Waals surface area contributed by atoms with Crippen molar-refractivity contribution < 1.29 is 64.6 Å². The summed E-state index contributed by atoms with van der Waals surface area (Å²) in [5, 5.41) is 87.0. The van der Waals surface area contributed by atoms with Gasteiger partial charge in [-0.15, -0.1) is 0 Å². The van der Waals surface area contributed by atoms with Crippen LogP contribution in [0.4, 0.5) is 0 Å². The van der Waals surface area contributed by atoms with E-state index in [1.54, 1.807) is 6.08 Å². The Kier molecular flexibility index (Phi) is 46.8. The third-order valence-corrected chi connectivity index (χ3v) is 13.9. The molecule has 2 aliphatic rings. The zero-order valence-electron chi connectivity index (χ0n) is 50.4. The van der Waals surface area contributed by atoms with E-state index in [1.165, 1.54) is 38.5 Å². The van der Waals surface area contributed by atoms with Crippen LogP contribution in [-0.4, -0.2) is 140 Å². The van der Waals surface area contributed by atoms with Gasteiger partial charge in [0.15, 0.2) is 12.6 Å². The summed E-state index contributed by atoms with van der Waals surface area (Å²) < 4.78 is 22.7. The maximum atomic E-state index is 13.3. The first-order valence-corrected chi connectivity index (χ1v) is 31.2. The highest BCUT2D eigenvalue weighted by Crippen LogP contribution is 2.30. The zero-order valence-corrected chi connectivity index (χ0v) is 50.4. The Bertz CT molecular complexity index is 2000. The van der Waals surface area contributed by atoms with Crippen LogP contribution in [-0.2, 0) is 23.7 Å². The Morgan fingerprint density at radius 2 is 0.843 bits per heavy atom. The molecular weight excluding hydrogens is 1050 g/mol. The highest BCUT2D eigenvalue weighted by Gasteiger charge is 2.51. The molecule has 2 heterocycles. The van der Waals surface area contributed by atoms with Crippen LogP contribution in [0.15, 0.2) is 158 Å². The molecule has 9 N–H and O–H groups in total. The molecule has 2 saturated heterocycles. The van der Waals surface area contributed by atoms with Gasteiger partial charge in [0.05, 0.1) is 32.0 Å². The molecule has 0 aliphatic carbocycles. The van der Waals surface area contributed by atoms with Crippen LogP contribution in [0.1, 0.15) is 174 Å². The lowest BCUT2D eigenvalue weighted by Crippen LogP contribution is -2.65. The second-order valence-electron chi connectivity index (χ2n) is 21.1. The van der Waals surface area contributed by atoms with Crippen LogP contribution in [0.25, 0.3) is 0 Å². The van der Waals surface area contributed by atoms with Gasteiger partial charge in [-0.05, 0) is 122 Å². The minimum Gasteiger partial charge on any atom is -0.394 e. The predicted molar refractivity (Wildman–Crippen MR) is 336 cm³/mol. The third kappa shape index (κ3) is 36.9. The van der Waals surface area contributed by atoms with Gasteiger partial charge in [-0.2, -0.15) is 0 Å². The summed E-state index contributed by atoms with van der Waals surface area (Å²) in [5.74, 6) is -0.304. The van der Waals surface area contributed by atoms with Crippen molar-refractivity contribution in [2.75, 3.05) is 19.8 Å². The van der Waals surface area contributed by atoms with Gasteiger partial charge >= 0.3 is 0 Å². The lowest BCUT2D eigenvalue weighted by Gasteiger charge is -2.46. The van der Waals surface area contributed by atoms with Crippen LogP contribution < -0.4 is 5.32 Å². The fourth-order valence-corrected chi connectivity index (χ4v) is 8.94. The van der Waals surface area contributed by atoms with E-state index in [0.29, 0.717) is 12.8 Å². The molecule has 0 spiro atoms. The molecule has 0 bridgehead atoms. The molecule has 12 unspecified atom stereocenters. The van der Waals surface area contributed by atoms with E-state index in [9.17, 15) is 45.6 Å². The number of hydrogen-bond acceptors (Lipinski definition) is 13. The monoisotopic (exact) mass is 1160 g/mol. The fraction of sp³-hybridized carbons (Fsp3) is 0.609. The summed E-state index contributed by atoms with van der Waals surface area (Å²) in [4.78, 5) is 13.3. The third-order valence-electron chi connectivity index (χ3n) is 13.9. The van der Waals surface area contributed by atoms with Gasteiger partial charge in [0.1, 0.15) is 48.8 Å². The SMILES string of the molecule is CC/C=C\C/C=C\C/C=C\C/C=C\C/C=C\C/C=C\C/C=C\C/C=C\C/C=C\C/C=C\CCCCC(=O)NC(COC1OC(CO)C(OC2OC(CO)C(O)C(O)C2O)C(O)C1O)C(O)/C=C/CC/C=C/CC/C=C/CCCCCCCC. The summed E-state index contributed by atoms with van der Waals surface area (Å²) >= 11 is 0. The number of aliphatic hydroxyl groups is 8. The lowest BCUT2D eigenvalue weighted by atomic mass is 9.97. The van der Waals surface area contributed by atoms with Gasteiger partial charge in [-0.25, -0.2) is 0 Å². The van der Waals surface area contributed by atoms with Crippen molar-refractivity contribution in [3.05, 3.63) is 158 Å². The standard InChI is InChI=1S/C69H109NO13/c1-3-5-7-9-11-13-15-17-19-21-22-23-24-25-26-27-28-29-30-31-32-33-34-35-36-37-39-41-43-45-47-49-51-53-61(74)70-57(58(73)52-50-48-46-44-42-40-38-20-18-16-14-12-10-8-6-4-2)56-80-68-66(79)64(77)67(60(55-72)82-68)83-69-65(78)63(76)62(75)59(54-71)81-69/h5,7,11,13,17-20,22-23,25-26,28-29,31-32,34-35,37,39,42-45,50,52,57-60,62-69,71-73,75-79H,3-4,6,8-10,12,14-16,21,24,27,30,33,36,38,40-41,46-49,51,53-56H2,1-2H3,(H,70,74)/b7-5-,13-11-,19-17-,20-18+,23-22-,26-25-,29-28-,32-31-,35-34-,39-37-,44-42+,45-43-,52-50+. The smallest absolute Gasteiger partial charge is 0.220 e. The summed E-state index contributed by atoms with van der Waals surface area (Å²) in [5.41, 5.74) is 0. The van der Waals surface area contributed by atoms with Crippen LogP contribution in [0.2, 0.25) is 0 Å². The highest BCUT2D eigenvalue weighted by molar-refractivity contribution is 5.76. The molecule has 2 fully saturated rings. The predicted octanol–water partition coefficient (Wildman–Crippen LogP) is 11.5. The minimum absolute atomic E-state index is 0.203. The first-order valence-electron chi connectivity index (χ1n) is 31.2. The quantitative estimate of drug-likeness (QED) is 0.0204. The van der Waals surface area contributed by atoms with Gasteiger partial charge in [0, 0.05) is 6.42 Å². The molecule has 2 aliphatic heterocycles. The highest BCUT2D eigenvalue weighted by atomic mass is 16.7. The molecule has 0 aromatic rings. The molecule has 12 atom stereocenters. The average molecular weight is 1160 g/mol. The summed E-state index contributed by atoms with van der Waals surface area (Å²) in [6, 6.07) is -0.974. The number of aliphatic hydroxyl groups excluding tert-OH is 8. The molecule has 83 heavy (non-hydrogen) atoms. The van der Waals surface area contributed by atoms with Crippen molar-refractivity contribution >= 4 is 5.91 Å². The number of ether oxygens (including phenoxy) is 4. The van der Waals surface area contributed by atoms with Crippen LogP contribution >= 0.6 is 0 Å². The Labute approximate surface area is 499 Å². The minimum atomic E-state index is -1.81. The van der Waals surface area contributed by atoms with Crippen molar-refractivity contribution in [1.29, 1.82) is 0 Å². The van der Waals surface area contributed by atoms with Crippen LogP contribution in [0.3, 0.4) is 0 Å². The largest absolute Gasteiger partial charge is 0.394 e. The molecule has 0 saturated carbocycles. The Morgan fingerprint density at radius 3 is 1.33 bits per heavy atom. The molecule has 14 nitrogen and oxygen atoms in total. The number of amides is 1. The number of allylic oxidation sites excluding steroid dienone is 25. The summed E-state index contributed by atoms with van der Waals surface area (Å²) in [6.45, 7) is 2.59. The molecule has 0 aromatic carbocycles. The van der Waals surface area contributed by atoms with Gasteiger partial charge in [0.25, 0.3) is 0 Å². The molecule has 2 rings (SSSR count). The van der Waals surface area contributed by atoms with Gasteiger partial charge < -0.3 is 65.1 Å².